The zero-order chi connectivity index (χ0) is 16.8. The summed E-state index contributed by atoms with van der Waals surface area (Å²) in [7, 11) is 0. The lowest BCUT2D eigenvalue weighted by Gasteiger charge is -2.29. The van der Waals surface area contributed by atoms with Crippen LogP contribution >= 0.6 is 11.6 Å². The number of aromatic nitrogens is 2. The molecule has 8 heteroatoms. The van der Waals surface area contributed by atoms with Crippen molar-refractivity contribution in [2.75, 3.05) is 50.2 Å². The molecule has 0 unspecified atom stereocenters. The van der Waals surface area contributed by atoms with Crippen LogP contribution < -0.4 is 20.1 Å². The topological polar surface area (TPSA) is 82.7 Å². The molecule has 0 atom stereocenters. The smallest absolute Gasteiger partial charge is 0.217 e. The van der Waals surface area contributed by atoms with E-state index in [1.165, 1.54) is 6.20 Å². The Morgan fingerprint density at radius 2 is 1.88 bits per heavy atom. The zero-order valence-electron chi connectivity index (χ0n) is 13.2. The number of rotatable bonds is 6. The van der Waals surface area contributed by atoms with E-state index in [4.69, 9.17) is 31.5 Å². The monoisotopic (exact) mass is 350 g/mol. The Morgan fingerprint density at radius 1 is 1.12 bits per heavy atom. The minimum absolute atomic E-state index is 0.337. The van der Waals surface area contributed by atoms with Gasteiger partial charge in [-0.05, 0) is 6.07 Å². The maximum atomic E-state index is 5.87. The van der Waals surface area contributed by atoms with Crippen molar-refractivity contribution >= 4 is 23.1 Å². The molecular weight excluding hydrogens is 332 g/mol. The van der Waals surface area contributed by atoms with Crippen molar-refractivity contribution in [1.29, 1.82) is 0 Å². The molecule has 7 nitrogen and oxygen atoms in total. The third kappa shape index (κ3) is 4.62. The molecule has 2 aromatic heterocycles. The molecule has 0 aliphatic carbocycles. The van der Waals surface area contributed by atoms with E-state index in [9.17, 15) is 0 Å². The molecular formula is C16H19ClN4O3. The highest BCUT2D eigenvalue weighted by Gasteiger charge is 2.13. The second kappa shape index (κ2) is 8.03. The predicted molar refractivity (Wildman–Crippen MR) is 91.9 cm³/mol. The Hall–Kier alpha value is -2.25. The SMILES string of the molecule is Nc1cc(N2CCOCC2)cc(OCCOc2ccc(Cl)cn2)n1. The molecule has 2 aromatic rings. The summed E-state index contributed by atoms with van der Waals surface area (Å²) in [5, 5.41) is 0.568. The van der Waals surface area contributed by atoms with Crippen molar-refractivity contribution in [2.45, 2.75) is 0 Å². The minimum Gasteiger partial charge on any atom is -0.474 e. The Kier molecular flexibility index (Phi) is 5.55. The van der Waals surface area contributed by atoms with Crippen molar-refractivity contribution in [3.8, 4) is 11.8 Å². The highest BCUT2D eigenvalue weighted by atomic mass is 35.5. The summed E-state index contributed by atoms with van der Waals surface area (Å²) in [4.78, 5) is 10.4. The van der Waals surface area contributed by atoms with Crippen LogP contribution in [-0.2, 0) is 4.74 Å². The Morgan fingerprint density at radius 3 is 2.58 bits per heavy atom. The average molecular weight is 351 g/mol. The second-order valence-corrected chi connectivity index (χ2v) is 5.64. The fraction of sp³-hybridized carbons (Fsp3) is 0.375. The number of nitrogen functional groups attached to an aromatic ring is 1. The first-order valence-corrected chi connectivity index (χ1v) is 8.06. The first-order chi connectivity index (χ1) is 11.7. The number of ether oxygens (including phenoxy) is 3. The Labute approximate surface area is 145 Å². The summed E-state index contributed by atoms with van der Waals surface area (Å²) >= 11 is 5.77. The Bertz CT molecular complexity index is 663. The standard InChI is InChI=1S/C16H19ClN4O3/c17-12-1-2-15(19-11-12)23-7-8-24-16-10-13(9-14(18)20-16)21-3-5-22-6-4-21/h1-2,9-11H,3-8H2,(H2,18,20). The first kappa shape index (κ1) is 16.6. The molecule has 128 valence electrons. The van der Waals surface area contributed by atoms with Gasteiger partial charge in [-0.2, -0.15) is 4.98 Å². The molecule has 3 rings (SSSR count). The van der Waals surface area contributed by atoms with E-state index in [1.807, 2.05) is 12.1 Å². The first-order valence-electron chi connectivity index (χ1n) is 7.68. The number of pyridine rings is 2. The van der Waals surface area contributed by atoms with Gasteiger partial charge in [-0.1, -0.05) is 11.6 Å². The second-order valence-electron chi connectivity index (χ2n) is 5.20. The average Bonchev–Trinajstić information content (AvgIpc) is 2.61. The highest BCUT2D eigenvalue weighted by Crippen LogP contribution is 2.23. The molecule has 1 fully saturated rings. The largest absolute Gasteiger partial charge is 0.474 e. The zero-order valence-corrected chi connectivity index (χ0v) is 13.9. The van der Waals surface area contributed by atoms with Gasteiger partial charge in [-0.3, -0.25) is 0 Å². The van der Waals surface area contributed by atoms with Gasteiger partial charge in [0.25, 0.3) is 0 Å². The van der Waals surface area contributed by atoms with Crippen LogP contribution in [-0.4, -0.2) is 49.5 Å². The number of nitrogens with zero attached hydrogens (tertiary/aromatic N) is 3. The van der Waals surface area contributed by atoms with Crippen LogP contribution in [0.3, 0.4) is 0 Å². The number of anilines is 2. The normalized spacial score (nSPS) is 14.5. The summed E-state index contributed by atoms with van der Waals surface area (Å²) in [6.07, 6.45) is 1.53. The van der Waals surface area contributed by atoms with Gasteiger partial charge in [0.2, 0.25) is 11.8 Å². The minimum atomic E-state index is 0.337. The van der Waals surface area contributed by atoms with E-state index < -0.39 is 0 Å². The van der Waals surface area contributed by atoms with Crippen molar-refractivity contribution in [2.24, 2.45) is 0 Å². The van der Waals surface area contributed by atoms with Gasteiger partial charge < -0.3 is 24.8 Å². The molecule has 24 heavy (non-hydrogen) atoms. The van der Waals surface area contributed by atoms with Crippen molar-refractivity contribution in [3.63, 3.8) is 0 Å². The number of halogens is 1. The molecule has 1 saturated heterocycles. The van der Waals surface area contributed by atoms with E-state index in [-0.39, 0.29) is 0 Å². The van der Waals surface area contributed by atoms with Gasteiger partial charge in [0.15, 0.2) is 0 Å². The Balaban J connectivity index is 1.52. The van der Waals surface area contributed by atoms with Gasteiger partial charge in [0, 0.05) is 43.2 Å². The van der Waals surface area contributed by atoms with E-state index in [0.29, 0.717) is 49.0 Å². The molecule has 1 aliphatic heterocycles. The van der Waals surface area contributed by atoms with Crippen LogP contribution in [0.2, 0.25) is 5.02 Å². The summed E-state index contributed by atoms with van der Waals surface area (Å²) in [5.74, 6) is 1.40. The van der Waals surface area contributed by atoms with E-state index in [2.05, 4.69) is 14.9 Å². The molecule has 2 N–H and O–H groups in total. The molecule has 0 bridgehead atoms. The summed E-state index contributed by atoms with van der Waals surface area (Å²) < 4.78 is 16.5. The quantitative estimate of drug-likeness (QED) is 0.798. The van der Waals surface area contributed by atoms with Crippen LogP contribution in [0.4, 0.5) is 11.5 Å². The molecule has 0 spiro atoms. The molecule has 3 heterocycles. The van der Waals surface area contributed by atoms with Crippen LogP contribution in [0.15, 0.2) is 30.5 Å². The van der Waals surface area contributed by atoms with Crippen molar-refractivity contribution in [1.82, 2.24) is 9.97 Å². The maximum Gasteiger partial charge on any atom is 0.217 e. The van der Waals surface area contributed by atoms with Crippen molar-refractivity contribution < 1.29 is 14.2 Å². The van der Waals surface area contributed by atoms with E-state index >= 15 is 0 Å². The maximum absolute atomic E-state index is 5.87. The highest BCUT2D eigenvalue weighted by molar-refractivity contribution is 6.30. The van der Waals surface area contributed by atoms with Gasteiger partial charge in [0.05, 0.1) is 18.2 Å². The van der Waals surface area contributed by atoms with Gasteiger partial charge in [-0.25, -0.2) is 4.98 Å². The molecule has 0 saturated carbocycles. The summed E-state index contributed by atoms with van der Waals surface area (Å²) in [5.41, 5.74) is 6.86. The lowest BCUT2D eigenvalue weighted by molar-refractivity contribution is 0.122. The van der Waals surface area contributed by atoms with Gasteiger partial charge in [0.1, 0.15) is 19.0 Å². The van der Waals surface area contributed by atoms with Crippen LogP contribution in [0.5, 0.6) is 11.8 Å². The van der Waals surface area contributed by atoms with Gasteiger partial charge >= 0.3 is 0 Å². The van der Waals surface area contributed by atoms with Gasteiger partial charge in [-0.15, -0.1) is 0 Å². The number of hydrogen-bond donors (Lipinski definition) is 1. The lowest BCUT2D eigenvalue weighted by atomic mass is 10.3. The van der Waals surface area contributed by atoms with Crippen LogP contribution in [0, 0.1) is 0 Å². The molecule has 0 aromatic carbocycles. The molecule has 1 aliphatic rings. The molecule has 0 amide bonds. The molecule has 0 radical (unpaired) electrons. The van der Waals surface area contributed by atoms with Crippen molar-refractivity contribution in [3.05, 3.63) is 35.5 Å². The van der Waals surface area contributed by atoms with E-state index in [1.54, 1.807) is 12.1 Å². The lowest BCUT2D eigenvalue weighted by Crippen LogP contribution is -2.36. The predicted octanol–water partition coefficient (Wildman–Crippen LogP) is 2.01. The summed E-state index contributed by atoms with van der Waals surface area (Å²) in [6, 6.07) is 7.14. The third-order valence-electron chi connectivity index (χ3n) is 3.47. The fourth-order valence-corrected chi connectivity index (χ4v) is 2.44. The number of nitrogens with two attached hydrogens (primary N) is 1. The number of morpholine rings is 1. The fourth-order valence-electron chi connectivity index (χ4n) is 2.33. The van der Waals surface area contributed by atoms with Crippen LogP contribution in [0.25, 0.3) is 0 Å². The third-order valence-corrected chi connectivity index (χ3v) is 3.69. The summed E-state index contributed by atoms with van der Waals surface area (Å²) in [6.45, 7) is 3.75. The van der Waals surface area contributed by atoms with Crippen LogP contribution in [0.1, 0.15) is 0 Å². The number of hydrogen-bond acceptors (Lipinski definition) is 7. The van der Waals surface area contributed by atoms with E-state index in [0.717, 1.165) is 18.8 Å².